The maximum atomic E-state index is 15.8. The number of fused-ring (bicyclic) bond motifs is 1. The molecule has 0 spiro atoms. The molecule has 252 valence electrons. The molecule has 0 saturated carbocycles. The average molecular weight is 680 g/mol. The predicted molar refractivity (Wildman–Crippen MR) is 174 cm³/mol. The zero-order valence-corrected chi connectivity index (χ0v) is 27.0. The number of aliphatic hydroxyl groups is 1. The highest BCUT2D eigenvalue weighted by atomic mass is 35.5. The minimum atomic E-state index is -0.788. The number of nitrogens with one attached hydrogen (secondary N) is 1. The van der Waals surface area contributed by atoms with Crippen molar-refractivity contribution in [2.45, 2.75) is 45.1 Å². The number of halogens is 2. The van der Waals surface area contributed by atoms with Crippen molar-refractivity contribution in [3.05, 3.63) is 100 Å². The van der Waals surface area contributed by atoms with Crippen molar-refractivity contribution in [3.63, 3.8) is 0 Å². The third-order valence-corrected chi connectivity index (χ3v) is 7.89. The van der Waals surface area contributed by atoms with Crippen LogP contribution >= 0.6 is 11.6 Å². The molecule has 1 heterocycles. The van der Waals surface area contributed by atoms with Gasteiger partial charge in [0.05, 0.1) is 37.6 Å². The highest BCUT2D eigenvalue weighted by Crippen LogP contribution is 2.32. The Labute approximate surface area is 281 Å². The van der Waals surface area contributed by atoms with Crippen LogP contribution in [0.15, 0.2) is 87.7 Å². The molecule has 0 radical (unpaired) electrons. The molecule has 1 aliphatic rings. The SMILES string of the molecule is CCOC(=O)[C@@H](CO)NCCCOc1cccc(-c2cccc(COC3=C(Cl)C=C(C=O)C(OCc4ccc5nonc5c4)C3)c2F)c1. The van der Waals surface area contributed by atoms with Crippen LogP contribution in [0.1, 0.15) is 30.9 Å². The van der Waals surface area contributed by atoms with Gasteiger partial charge >= 0.3 is 5.97 Å². The fraction of sp³-hybridized carbons (Fsp3) is 0.314. The van der Waals surface area contributed by atoms with Crippen LogP contribution in [0.2, 0.25) is 0 Å². The number of hydrogen-bond donors (Lipinski definition) is 2. The molecule has 2 atom stereocenters. The van der Waals surface area contributed by atoms with E-state index in [1.165, 1.54) is 6.08 Å². The molecule has 1 unspecified atom stereocenters. The Hall–Kier alpha value is -4.62. The average Bonchev–Trinajstić information content (AvgIpc) is 3.57. The second kappa shape index (κ2) is 17.0. The van der Waals surface area contributed by atoms with Crippen molar-refractivity contribution < 1.29 is 42.7 Å². The molecule has 0 bridgehead atoms. The van der Waals surface area contributed by atoms with Crippen molar-refractivity contribution in [1.29, 1.82) is 0 Å². The van der Waals surface area contributed by atoms with Crippen LogP contribution in [-0.2, 0) is 37.0 Å². The maximum absolute atomic E-state index is 15.8. The van der Waals surface area contributed by atoms with Gasteiger partial charge in [-0.05, 0) is 71.7 Å². The maximum Gasteiger partial charge on any atom is 0.325 e. The van der Waals surface area contributed by atoms with Gasteiger partial charge in [0.1, 0.15) is 47.3 Å². The van der Waals surface area contributed by atoms with Gasteiger partial charge in [-0.25, -0.2) is 9.02 Å². The van der Waals surface area contributed by atoms with Crippen LogP contribution in [0.5, 0.6) is 5.75 Å². The summed E-state index contributed by atoms with van der Waals surface area (Å²) < 4.78 is 43.3. The summed E-state index contributed by atoms with van der Waals surface area (Å²) in [6.07, 6.45) is 2.34. The van der Waals surface area contributed by atoms with Gasteiger partial charge in [-0.3, -0.25) is 9.59 Å². The molecule has 0 aliphatic heterocycles. The lowest BCUT2D eigenvalue weighted by Crippen LogP contribution is -2.41. The van der Waals surface area contributed by atoms with Gasteiger partial charge in [0.2, 0.25) is 0 Å². The number of carbonyl (C=O) groups excluding carboxylic acids is 2. The van der Waals surface area contributed by atoms with Gasteiger partial charge < -0.3 is 29.4 Å². The standard InChI is InChI=1S/C35H35ClFN3O8/c1-2-44-35(43)31(19-42)38-12-5-13-45-26-8-3-6-23(15-26)27-9-4-7-24(34(27)37)21-47-33-17-32(25(18-41)16-28(33)36)46-20-22-10-11-29-30(14-22)40-48-39-29/h3-4,6-11,14-16,18,31-32,38,42H,2,5,12-13,17,19-21H2,1H3/t31-,32?/m1/s1. The first kappa shape index (κ1) is 34.7. The van der Waals surface area contributed by atoms with Crippen LogP contribution in [0, 0.1) is 5.82 Å². The second-order valence-electron chi connectivity index (χ2n) is 10.9. The van der Waals surface area contributed by atoms with Crippen LogP contribution in [-0.4, -0.2) is 66.2 Å². The molecule has 0 fully saturated rings. The number of carbonyl (C=O) groups is 2. The van der Waals surface area contributed by atoms with E-state index in [9.17, 15) is 14.7 Å². The number of nitrogens with zero attached hydrogens (tertiary/aromatic N) is 2. The van der Waals surface area contributed by atoms with E-state index in [2.05, 4.69) is 15.6 Å². The largest absolute Gasteiger partial charge is 0.494 e. The van der Waals surface area contributed by atoms with Gasteiger partial charge in [-0.2, -0.15) is 0 Å². The fourth-order valence-electron chi connectivity index (χ4n) is 5.05. The number of esters is 1. The normalized spacial score (nSPS) is 15.2. The fourth-order valence-corrected chi connectivity index (χ4v) is 5.30. The molecular formula is C35H35ClFN3O8. The van der Waals surface area contributed by atoms with E-state index < -0.39 is 23.9 Å². The third-order valence-electron chi connectivity index (χ3n) is 7.57. The van der Waals surface area contributed by atoms with E-state index >= 15 is 4.39 Å². The van der Waals surface area contributed by atoms with Crippen molar-refractivity contribution in [3.8, 4) is 16.9 Å². The Morgan fingerprint density at radius 2 is 1.96 bits per heavy atom. The Balaban J connectivity index is 1.17. The van der Waals surface area contributed by atoms with E-state index in [1.807, 2.05) is 6.07 Å². The molecule has 1 aromatic heterocycles. The topological polar surface area (TPSA) is 142 Å². The zero-order chi connectivity index (χ0) is 33.9. The van der Waals surface area contributed by atoms with Crippen molar-refractivity contribution >= 4 is 34.9 Å². The number of benzene rings is 3. The highest BCUT2D eigenvalue weighted by Gasteiger charge is 2.25. The lowest BCUT2D eigenvalue weighted by Gasteiger charge is -2.24. The van der Waals surface area contributed by atoms with Crippen LogP contribution in [0.25, 0.3) is 22.2 Å². The van der Waals surface area contributed by atoms with Crippen molar-refractivity contribution in [2.75, 3.05) is 26.4 Å². The summed E-state index contributed by atoms with van der Waals surface area (Å²) in [5.74, 6) is -0.0185. The summed E-state index contributed by atoms with van der Waals surface area (Å²) in [5, 5.41) is 20.2. The number of rotatable bonds is 17. The van der Waals surface area contributed by atoms with Gasteiger partial charge in [0.15, 0.2) is 0 Å². The zero-order valence-electron chi connectivity index (χ0n) is 26.2. The molecule has 0 saturated heterocycles. The lowest BCUT2D eigenvalue weighted by molar-refractivity contribution is -0.146. The monoisotopic (exact) mass is 679 g/mol. The Kier molecular flexibility index (Phi) is 12.3. The molecule has 1 aliphatic carbocycles. The van der Waals surface area contributed by atoms with Crippen LogP contribution < -0.4 is 10.1 Å². The molecule has 48 heavy (non-hydrogen) atoms. The van der Waals surface area contributed by atoms with E-state index in [0.717, 1.165) is 5.56 Å². The molecule has 13 heteroatoms. The molecule has 5 rings (SSSR count). The highest BCUT2D eigenvalue weighted by molar-refractivity contribution is 6.31. The van der Waals surface area contributed by atoms with Gasteiger partial charge in [0, 0.05) is 23.1 Å². The minimum Gasteiger partial charge on any atom is -0.494 e. The van der Waals surface area contributed by atoms with Gasteiger partial charge in [-0.1, -0.05) is 48.0 Å². The van der Waals surface area contributed by atoms with E-state index in [4.69, 9.17) is 35.2 Å². The molecule has 2 N–H and O–H groups in total. The number of allylic oxidation sites excluding steroid dienone is 2. The first-order valence-corrected chi connectivity index (χ1v) is 15.8. The Morgan fingerprint density at radius 1 is 1.12 bits per heavy atom. The smallest absolute Gasteiger partial charge is 0.325 e. The van der Waals surface area contributed by atoms with Crippen LogP contribution in [0.3, 0.4) is 0 Å². The summed E-state index contributed by atoms with van der Waals surface area (Å²) in [6.45, 7) is 2.44. The minimum absolute atomic E-state index is 0.0954. The van der Waals surface area contributed by atoms with Gasteiger partial charge in [0.25, 0.3) is 0 Å². The molecule has 3 aromatic carbocycles. The third kappa shape index (κ3) is 8.84. The molecular weight excluding hydrogens is 645 g/mol. The van der Waals surface area contributed by atoms with Crippen molar-refractivity contribution in [2.24, 2.45) is 0 Å². The van der Waals surface area contributed by atoms with Crippen molar-refractivity contribution in [1.82, 2.24) is 15.6 Å². The number of ether oxygens (including phenoxy) is 4. The Morgan fingerprint density at radius 3 is 2.77 bits per heavy atom. The molecule has 0 amide bonds. The summed E-state index contributed by atoms with van der Waals surface area (Å²) in [7, 11) is 0. The second-order valence-corrected chi connectivity index (χ2v) is 11.3. The lowest BCUT2D eigenvalue weighted by atomic mass is 10.0. The Bertz CT molecular complexity index is 1790. The number of aldehydes is 1. The first-order chi connectivity index (χ1) is 23.4. The quantitative estimate of drug-likeness (QED) is 0.0842. The predicted octanol–water partition coefficient (Wildman–Crippen LogP) is 5.39. The number of hydrogen-bond acceptors (Lipinski definition) is 11. The summed E-state index contributed by atoms with van der Waals surface area (Å²) in [5.41, 5.74) is 3.72. The molecule has 11 nitrogen and oxygen atoms in total. The van der Waals surface area contributed by atoms with Crippen LogP contribution in [0.4, 0.5) is 4.39 Å². The summed E-state index contributed by atoms with van der Waals surface area (Å²) in [4.78, 5) is 23.6. The van der Waals surface area contributed by atoms with E-state index in [0.29, 0.717) is 70.7 Å². The number of aromatic nitrogens is 2. The van der Waals surface area contributed by atoms with E-state index in [1.54, 1.807) is 61.5 Å². The van der Waals surface area contributed by atoms with E-state index in [-0.39, 0.29) is 37.9 Å². The molecule has 4 aromatic rings. The first-order valence-electron chi connectivity index (χ1n) is 15.4. The number of aliphatic hydroxyl groups excluding tert-OH is 1. The summed E-state index contributed by atoms with van der Waals surface area (Å²) >= 11 is 6.45. The summed E-state index contributed by atoms with van der Waals surface area (Å²) in [6, 6.07) is 16.7. The van der Waals surface area contributed by atoms with Gasteiger partial charge in [-0.15, -0.1) is 0 Å².